The lowest BCUT2D eigenvalue weighted by Crippen LogP contribution is -2.45. The minimum atomic E-state index is -1.76. The van der Waals surface area contributed by atoms with Crippen LogP contribution in [0.15, 0.2) is 54.6 Å². The molecule has 3 rings (SSSR count). The zero-order chi connectivity index (χ0) is 19.8. The highest BCUT2D eigenvalue weighted by Gasteiger charge is 2.43. The molecule has 0 spiro atoms. The van der Waals surface area contributed by atoms with Gasteiger partial charge in [-0.05, 0) is 42.1 Å². The average molecular weight is 378 g/mol. The van der Waals surface area contributed by atoms with Crippen LogP contribution >= 0.6 is 0 Å². The molecule has 0 saturated carbocycles. The van der Waals surface area contributed by atoms with Crippen molar-refractivity contribution in [2.45, 2.75) is 57.8 Å². The van der Waals surface area contributed by atoms with E-state index in [9.17, 15) is 5.11 Å². The molecule has 3 heteroatoms. The van der Waals surface area contributed by atoms with E-state index in [-0.39, 0.29) is 5.04 Å². The molecule has 27 heavy (non-hydrogen) atoms. The van der Waals surface area contributed by atoms with Crippen molar-refractivity contribution in [1.82, 2.24) is 4.98 Å². The fourth-order valence-corrected chi connectivity index (χ4v) is 6.30. The maximum absolute atomic E-state index is 10.5. The van der Waals surface area contributed by atoms with Crippen LogP contribution in [0, 0.1) is 6.92 Å². The van der Waals surface area contributed by atoms with Gasteiger partial charge < -0.3 is 5.11 Å². The smallest absolute Gasteiger partial charge is 0.118 e. The number of aromatic hydroxyl groups is 1. The summed E-state index contributed by atoms with van der Waals surface area (Å²) in [7, 11) is -1.76. The highest BCUT2D eigenvalue weighted by molar-refractivity contribution is 6.81. The van der Waals surface area contributed by atoms with Crippen LogP contribution < -0.4 is 0 Å². The summed E-state index contributed by atoms with van der Waals surface area (Å²) in [4.78, 5) is 5.06. The van der Waals surface area contributed by atoms with Gasteiger partial charge in [-0.15, -0.1) is 0 Å². The van der Waals surface area contributed by atoms with Gasteiger partial charge in [0.05, 0.1) is 13.6 Å². The van der Waals surface area contributed by atoms with Crippen molar-refractivity contribution < 1.29 is 5.11 Å². The molecule has 2 aromatic carbocycles. The normalized spacial score (nSPS) is 13.7. The SMILES string of the molecule is Cc1ccc(O)c(CC(c2ccc3ccccc3n2)[Si](C)(C)C(C)(C)C)c1. The topological polar surface area (TPSA) is 33.1 Å². The number of aryl methyl sites for hydroxylation is 1. The fraction of sp³-hybridized carbons (Fsp3) is 0.375. The Morgan fingerprint density at radius 3 is 2.41 bits per heavy atom. The van der Waals surface area contributed by atoms with Crippen LogP contribution in [0.5, 0.6) is 5.75 Å². The molecule has 1 unspecified atom stereocenters. The van der Waals surface area contributed by atoms with E-state index < -0.39 is 8.07 Å². The maximum Gasteiger partial charge on any atom is 0.118 e. The van der Waals surface area contributed by atoms with Gasteiger partial charge in [-0.2, -0.15) is 0 Å². The Kier molecular flexibility index (Phi) is 5.17. The molecule has 0 bridgehead atoms. The molecule has 1 N–H and O–H groups in total. The summed E-state index contributed by atoms with van der Waals surface area (Å²) in [5.41, 5.74) is 4.74. The molecule has 0 aliphatic carbocycles. The fourth-order valence-electron chi connectivity index (χ4n) is 3.63. The van der Waals surface area contributed by atoms with Crippen molar-refractivity contribution in [3.05, 3.63) is 71.4 Å². The molecule has 0 radical (unpaired) electrons. The van der Waals surface area contributed by atoms with Crippen LogP contribution in [0.2, 0.25) is 18.1 Å². The second kappa shape index (κ2) is 7.12. The van der Waals surface area contributed by atoms with Crippen molar-refractivity contribution in [3.8, 4) is 5.75 Å². The number of benzene rings is 2. The summed E-state index contributed by atoms with van der Waals surface area (Å²) in [6.45, 7) is 14.1. The molecule has 0 fully saturated rings. The standard InChI is InChI=1S/C24H31NOSi/c1-17-11-14-22(26)19(15-17)16-23(27(5,6)24(2,3)4)21-13-12-18-9-7-8-10-20(18)25-21/h7-15,23,26H,16H2,1-6H3. The summed E-state index contributed by atoms with van der Waals surface area (Å²) in [6, 6.07) is 18.6. The number of phenolic OH excluding ortho intramolecular Hbond substituents is 1. The largest absolute Gasteiger partial charge is 0.508 e. The molecule has 1 aromatic heterocycles. The molecule has 1 atom stereocenters. The molecule has 1 heterocycles. The first-order valence-corrected chi connectivity index (χ1v) is 12.8. The Balaban J connectivity index is 2.13. The Bertz CT molecular complexity index is 956. The molecule has 0 aliphatic rings. The molecular weight excluding hydrogens is 346 g/mol. The van der Waals surface area contributed by atoms with Crippen molar-refractivity contribution >= 4 is 19.0 Å². The second-order valence-corrected chi connectivity index (χ2v) is 14.9. The minimum absolute atomic E-state index is 0.227. The molecule has 0 amide bonds. The summed E-state index contributed by atoms with van der Waals surface area (Å²) in [5, 5.41) is 11.9. The zero-order valence-corrected chi connectivity index (χ0v) is 18.4. The summed E-state index contributed by atoms with van der Waals surface area (Å²) >= 11 is 0. The van der Waals surface area contributed by atoms with Crippen LogP contribution in [0.1, 0.15) is 43.1 Å². The Morgan fingerprint density at radius 1 is 1.00 bits per heavy atom. The van der Waals surface area contributed by atoms with Gasteiger partial charge in [-0.25, -0.2) is 0 Å². The van der Waals surface area contributed by atoms with Crippen LogP contribution in [0.4, 0.5) is 0 Å². The van der Waals surface area contributed by atoms with Gasteiger partial charge in [0.1, 0.15) is 5.75 Å². The van der Waals surface area contributed by atoms with E-state index in [0.29, 0.717) is 11.3 Å². The van der Waals surface area contributed by atoms with Gasteiger partial charge in [-0.1, -0.05) is 75.8 Å². The Morgan fingerprint density at radius 2 is 1.70 bits per heavy atom. The third kappa shape index (κ3) is 3.93. The summed E-state index contributed by atoms with van der Waals surface area (Å²) < 4.78 is 0. The molecule has 142 valence electrons. The van der Waals surface area contributed by atoms with E-state index >= 15 is 0 Å². The first-order valence-electron chi connectivity index (χ1n) is 9.74. The first kappa shape index (κ1) is 19.6. The van der Waals surface area contributed by atoms with Crippen LogP contribution in [-0.4, -0.2) is 18.2 Å². The highest BCUT2D eigenvalue weighted by Crippen LogP contribution is 2.46. The van der Waals surface area contributed by atoms with Gasteiger partial charge >= 0.3 is 0 Å². The highest BCUT2D eigenvalue weighted by atomic mass is 28.3. The minimum Gasteiger partial charge on any atom is -0.508 e. The number of rotatable bonds is 4. The van der Waals surface area contributed by atoms with E-state index in [1.165, 1.54) is 10.9 Å². The predicted molar refractivity (Wildman–Crippen MR) is 118 cm³/mol. The quantitative estimate of drug-likeness (QED) is 0.518. The number of nitrogens with zero attached hydrogens (tertiary/aromatic N) is 1. The Labute approximate surface area is 164 Å². The lowest BCUT2D eigenvalue weighted by molar-refractivity contribution is 0.466. The number of para-hydroxylation sites is 1. The molecule has 2 nitrogen and oxygen atoms in total. The second-order valence-electron chi connectivity index (χ2n) is 9.29. The number of fused-ring (bicyclic) bond motifs is 1. The molecule has 0 aliphatic heterocycles. The van der Waals surface area contributed by atoms with Crippen molar-refractivity contribution in [2.24, 2.45) is 0 Å². The molecular formula is C24H31NOSi. The lowest BCUT2D eigenvalue weighted by Gasteiger charge is -2.43. The van der Waals surface area contributed by atoms with Gasteiger partial charge in [0.2, 0.25) is 0 Å². The van der Waals surface area contributed by atoms with Crippen molar-refractivity contribution in [2.75, 3.05) is 0 Å². The number of hydrogen-bond donors (Lipinski definition) is 1. The first-order chi connectivity index (χ1) is 12.6. The van der Waals surface area contributed by atoms with Crippen LogP contribution in [-0.2, 0) is 6.42 Å². The number of hydrogen-bond acceptors (Lipinski definition) is 2. The Hall–Kier alpha value is -2.13. The van der Waals surface area contributed by atoms with E-state index in [1.54, 1.807) is 0 Å². The van der Waals surface area contributed by atoms with E-state index in [0.717, 1.165) is 23.2 Å². The van der Waals surface area contributed by atoms with Gasteiger partial charge in [0, 0.05) is 16.6 Å². The van der Waals surface area contributed by atoms with Crippen molar-refractivity contribution in [1.29, 1.82) is 0 Å². The summed E-state index contributed by atoms with van der Waals surface area (Å²) in [5.74, 6) is 0.394. The number of aromatic nitrogens is 1. The summed E-state index contributed by atoms with van der Waals surface area (Å²) in [6.07, 6.45) is 0.829. The van der Waals surface area contributed by atoms with E-state index in [2.05, 4.69) is 77.2 Å². The molecule has 0 saturated heterocycles. The van der Waals surface area contributed by atoms with Crippen molar-refractivity contribution in [3.63, 3.8) is 0 Å². The third-order valence-electron chi connectivity index (χ3n) is 6.44. The van der Waals surface area contributed by atoms with Crippen LogP contribution in [0.3, 0.4) is 0 Å². The van der Waals surface area contributed by atoms with Gasteiger partial charge in [0.15, 0.2) is 0 Å². The zero-order valence-electron chi connectivity index (χ0n) is 17.4. The molecule has 3 aromatic rings. The maximum atomic E-state index is 10.5. The van der Waals surface area contributed by atoms with Gasteiger partial charge in [-0.3, -0.25) is 4.98 Å². The monoisotopic (exact) mass is 377 g/mol. The number of pyridine rings is 1. The average Bonchev–Trinajstić information content (AvgIpc) is 2.61. The van der Waals surface area contributed by atoms with Gasteiger partial charge in [0.25, 0.3) is 0 Å². The predicted octanol–water partition coefficient (Wildman–Crippen LogP) is 6.62. The van der Waals surface area contributed by atoms with E-state index in [4.69, 9.17) is 4.98 Å². The van der Waals surface area contributed by atoms with E-state index in [1.807, 2.05) is 18.2 Å². The number of phenols is 1. The lowest BCUT2D eigenvalue weighted by atomic mass is 10.0. The third-order valence-corrected chi connectivity index (χ3v) is 12.5. The van der Waals surface area contributed by atoms with Crippen LogP contribution in [0.25, 0.3) is 10.9 Å².